The lowest BCUT2D eigenvalue weighted by molar-refractivity contribution is -0.114. The number of fused-ring (bicyclic) bond motifs is 1. The first-order valence-electron chi connectivity index (χ1n) is 9.57. The number of nitrogens with one attached hydrogen (secondary N) is 2. The second kappa shape index (κ2) is 9.75. The van der Waals surface area contributed by atoms with Crippen molar-refractivity contribution in [3.63, 3.8) is 0 Å². The summed E-state index contributed by atoms with van der Waals surface area (Å²) in [5.41, 5.74) is 3.32. The molecule has 2 N–H and O–H groups in total. The van der Waals surface area contributed by atoms with Crippen LogP contribution in [0, 0.1) is 0 Å². The third-order valence-corrected chi connectivity index (χ3v) is 5.55. The van der Waals surface area contributed by atoms with E-state index >= 15 is 0 Å². The van der Waals surface area contributed by atoms with Crippen molar-refractivity contribution in [2.24, 2.45) is 0 Å². The van der Waals surface area contributed by atoms with Crippen LogP contribution in [0.4, 0.5) is 11.4 Å². The minimum atomic E-state index is -0.213. The van der Waals surface area contributed by atoms with Gasteiger partial charge in [-0.2, -0.15) is 0 Å². The number of nitrogens with zero attached hydrogens (tertiary/aromatic N) is 5. The van der Waals surface area contributed by atoms with Crippen LogP contribution in [0.5, 0.6) is 0 Å². The Labute approximate surface area is 192 Å². The van der Waals surface area contributed by atoms with Crippen molar-refractivity contribution in [3.8, 4) is 0 Å². The van der Waals surface area contributed by atoms with E-state index in [1.54, 1.807) is 28.9 Å². The molecule has 32 heavy (non-hydrogen) atoms. The zero-order valence-electron chi connectivity index (χ0n) is 16.9. The molecular weight excluding hydrogens is 450 g/mol. The van der Waals surface area contributed by atoms with Crippen molar-refractivity contribution >= 4 is 57.7 Å². The highest BCUT2D eigenvalue weighted by molar-refractivity contribution is 8.00. The predicted molar refractivity (Wildman–Crippen MR) is 124 cm³/mol. The third-order valence-electron chi connectivity index (χ3n) is 4.32. The number of amides is 2. The number of halogens is 1. The van der Waals surface area contributed by atoms with Gasteiger partial charge in [0.15, 0.2) is 11.2 Å². The summed E-state index contributed by atoms with van der Waals surface area (Å²) < 4.78 is 1.68. The Morgan fingerprint density at radius 3 is 2.56 bits per heavy atom. The summed E-state index contributed by atoms with van der Waals surface area (Å²) in [6.07, 6.45) is 1.43. The number of carbonyl (C=O) groups is 2. The maximum Gasteiger partial charge on any atom is 0.234 e. The van der Waals surface area contributed by atoms with Crippen LogP contribution in [-0.4, -0.2) is 42.5 Å². The van der Waals surface area contributed by atoms with Crippen LogP contribution in [0.25, 0.3) is 11.2 Å². The van der Waals surface area contributed by atoms with Gasteiger partial charge in [-0.3, -0.25) is 9.59 Å². The summed E-state index contributed by atoms with van der Waals surface area (Å²) in [5, 5.41) is 15.1. The van der Waals surface area contributed by atoms with E-state index in [9.17, 15) is 9.59 Å². The zero-order chi connectivity index (χ0) is 22.5. The molecule has 2 aromatic heterocycles. The van der Waals surface area contributed by atoms with Gasteiger partial charge in [0, 0.05) is 23.3 Å². The van der Waals surface area contributed by atoms with E-state index in [4.69, 9.17) is 11.6 Å². The number of anilines is 2. The SMILES string of the molecule is CC(=O)Nc1cccc(NC(=O)CSc2ncnc3c2nnn3Cc2ccc(Cl)cc2)c1. The normalized spacial score (nSPS) is 10.8. The topological polar surface area (TPSA) is 115 Å². The summed E-state index contributed by atoms with van der Waals surface area (Å²) in [6.45, 7) is 1.91. The van der Waals surface area contributed by atoms with Crippen molar-refractivity contribution in [1.29, 1.82) is 0 Å². The highest BCUT2D eigenvalue weighted by atomic mass is 35.5. The number of benzene rings is 2. The van der Waals surface area contributed by atoms with Crippen molar-refractivity contribution in [2.45, 2.75) is 18.5 Å². The molecule has 0 spiro atoms. The smallest absolute Gasteiger partial charge is 0.234 e. The van der Waals surface area contributed by atoms with Crippen molar-refractivity contribution in [3.05, 3.63) is 65.4 Å². The van der Waals surface area contributed by atoms with Crippen molar-refractivity contribution in [2.75, 3.05) is 16.4 Å². The highest BCUT2D eigenvalue weighted by Crippen LogP contribution is 2.23. The number of rotatable bonds is 7. The molecule has 0 saturated carbocycles. The van der Waals surface area contributed by atoms with Gasteiger partial charge in [0.1, 0.15) is 11.4 Å². The van der Waals surface area contributed by atoms with E-state index in [0.717, 1.165) is 5.56 Å². The highest BCUT2D eigenvalue weighted by Gasteiger charge is 2.14. The minimum absolute atomic E-state index is 0.126. The van der Waals surface area contributed by atoms with Crippen LogP contribution in [0.2, 0.25) is 5.02 Å². The van der Waals surface area contributed by atoms with Crippen LogP contribution in [0.3, 0.4) is 0 Å². The molecule has 0 fully saturated rings. The summed E-state index contributed by atoms with van der Waals surface area (Å²) >= 11 is 7.19. The number of aromatic nitrogens is 5. The van der Waals surface area contributed by atoms with Crippen LogP contribution in [0.1, 0.15) is 12.5 Å². The van der Waals surface area contributed by atoms with Gasteiger partial charge in [-0.25, -0.2) is 14.6 Å². The molecule has 4 aromatic rings. The molecule has 9 nitrogen and oxygen atoms in total. The number of carbonyl (C=O) groups excluding carboxylic acids is 2. The fourth-order valence-electron chi connectivity index (χ4n) is 2.96. The molecule has 2 heterocycles. The Balaban J connectivity index is 1.42. The van der Waals surface area contributed by atoms with E-state index < -0.39 is 0 Å². The average Bonchev–Trinajstić information content (AvgIpc) is 3.17. The van der Waals surface area contributed by atoms with E-state index in [0.29, 0.717) is 39.1 Å². The Morgan fingerprint density at radius 2 is 1.81 bits per heavy atom. The molecule has 4 rings (SSSR count). The first-order valence-corrected chi connectivity index (χ1v) is 10.9. The van der Waals surface area contributed by atoms with Crippen LogP contribution >= 0.6 is 23.4 Å². The van der Waals surface area contributed by atoms with Crippen LogP contribution in [-0.2, 0) is 16.1 Å². The zero-order valence-corrected chi connectivity index (χ0v) is 18.5. The third kappa shape index (κ3) is 5.40. The quantitative estimate of drug-likeness (QED) is 0.315. The van der Waals surface area contributed by atoms with Gasteiger partial charge >= 0.3 is 0 Å². The summed E-state index contributed by atoms with van der Waals surface area (Å²) in [5.74, 6) is -0.267. The molecule has 0 aliphatic heterocycles. The fraction of sp³-hybridized carbons (Fsp3) is 0.143. The Morgan fingerprint density at radius 1 is 1.06 bits per heavy atom. The first-order chi connectivity index (χ1) is 15.5. The summed E-state index contributed by atoms with van der Waals surface area (Å²) in [7, 11) is 0. The number of hydrogen-bond acceptors (Lipinski definition) is 7. The van der Waals surface area contributed by atoms with Crippen LogP contribution < -0.4 is 10.6 Å². The Kier molecular flexibility index (Phi) is 6.62. The van der Waals surface area contributed by atoms with Gasteiger partial charge in [0.25, 0.3) is 0 Å². The molecule has 2 aromatic carbocycles. The van der Waals surface area contributed by atoms with Crippen molar-refractivity contribution in [1.82, 2.24) is 25.0 Å². The summed E-state index contributed by atoms with van der Waals surface area (Å²) in [6, 6.07) is 14.4. The maximum absolute atomic E-state index is 12.4. The second-order valence-corrected chi connectivity index (χ2v) is 8.22. The number of thioether (sulfide) groups is 1. The molecule has 2 amide bonds. The molecule has 11 heteroatoms. The second-order valence-electron chi connectivity index (χ2n) is 6.82. The van der Waals surface area contributed by atoms with Crippen LogP contribution in [0.15, 0.2) is 59.9 Å². The van der Waals surface area contributed by atoms with E-state index in [2.05, 4.69) is 30.9 Å². The summed E-state index contributed by atoms with van der Waals surface area (Å²) in [4.78, 5) is 32.2. The van der Waals surface area contributed by atoms with Gasteiger partial charge in [-0.05, 0) is 35.9 Å². The monoisotopic (exact) mass is 467 g/mol. The van der Waals surface area contributed by atoms with Gasteiger partial charge in [-0.1, -0.05) is 46.8 Å². The van der Waals surface area contributed by atoms with E-state index in [1.807, 2.05) is 24.3 Å². The molecule has 0 unspecified atom stereocenters. The molecule has 162 valence electrons. The molecule has 0 aliphatic rings. The first kappa shape index (κ1) is 21.7. The molecule has 0 atom stereocenters. The predicted octanol–water partition coefficient (Wildman–Crippen LogP) is 3.61. The van der Waals surface area contributed by atoms with Gasteiger partial charge < -0.3 is 10.6 Å². The molecule has 0 aliphatic carbocycles. The maximum atomic E-state index is 12.4. The van der Waals surface area contributed by atoms with Gasteiger partial charge in [0.05, 0.1) is 12.3 Å². The van der Waals surface area contributed by atoms with Crippen molar-refractivity contribution < 1.29 is 9.59 Å². The standard InChI is InChI=1S/C21H18ClN7O2S/c1-13(30)25-16-3-2-4-17(9-16)26-18(31)11-32-21-19-20(23-12-24-21)29(28-27-19)10-14-5-7-15(22)8-6-14/h2-9,12H,10-11H2,1H3,(H,25,30)(H,26,31). The lowest BCUT2D eigenvalue weighted by atomic mass is 10.2. The Hall–Kier alpha value is -3.50. The van der Waals surface area contributed by atoms with Gasteiger partial charge in [-0.15, -0.1) is 5.10 Å². The van der Waals surface area contributed by atoms with E-state index in [-0.39, 0.29) is 17.6 Å². The van der Waals surface area contributed by atoms with Gasteiger partial charge in [0.2, 0.25) is 11.8 Å². The van der Waals surface area contributed by atoms with E-state index in [1.165, 1.54) is 25.0 Å². The molecular formula is C21H18ClN7O2S. The largest absolute Gasteiger partial charge is 0.326 e. The lowest BCUT2D eigenvalue weighted by Crippen LogP contribution is -2.14. The molecule has 0 radical (unpaired) electrons. The fourth-order valence-corrected chi connectivity index (χ4v) is 3.81. The molecule has 0 bridgehead atoms. The number of hydrogen-bond donors (Lipinski definition) is 2. The molecule has 0 saturated heterocycles. The Bertz CT molecular complexity index is 1280. The minimum Gasteiger partial charge on any atom is -0.326 e. The lowest BCUT2D eigenvalue weighted by Gasteiger charge is -2.08. The average molecular weight is 468 g/mol.